The lowest BCUT2D eigenvalue weighted by molar-refractivity contribution is -0.302. The highest BCUT2D eigenvalue weighted by Crippen LogP contribution is 2.22. The Labute approximate surface area is 266 Å². The van der Waals surface area contributed by atoms with E-state index in [0.29, 0.717) is 6.42 Å². The molecule has 1 amide bonds. The number of rotatable bonds is 26. The average molecular weight is 626 g/mol. The number of ether oxygens (including phenoxy) is 2. The molecule has 0 radical (unpaired) electrons. The van der Waals surface area contributed by atoms with Gasteiger partial charge in [0.05, 0.1) is 25.4 Å². The van der Waals surface area contributed by atoms with Crippen molar-refractivity contribution in [3.8, 4) is 0 Å². The normalized spacial score (nSPS) is 24.0. The van der Waals surface area contributed by atoms with Crippen LogP contribution in [0.4, 0.5) is 0 Å². The summed E-state index contributed by atoms with van der Waals surface area (Å²) in [4.78, 5) is 12.7. The molecule has 0 saturated carbocycles. The smallest absolute Gasteiger partial charge is 0.220 e. The number of aliphatic hydroxyl groups is 5. The fraction of sp³-hybridized carbons (Fsp3) is 0.800. The Balaban J connectivity index is 2.44. The summed E-state index contributed by atoms with van der Waals surface area (Å²) in [6.45, 7) is 3.61. The molecule has 9 nitrogen and oxygen atoms in total. The molecular weight excluding hydrogens is 562 g/mol. The first-order valence-corrected chi connectivity index (χ1v) is 17.2. The van der Waals surface area contributed by atoms with Crippen LogP contribution in [0.15, 0.2) is 36.5 Å². The molecule has 1 saturated heterocycles. The zero-order valence-corrected chi connectivity index (χ0v) is 27.4. The van der Waals surface area contributed by atoms with Crippen LogP contribution in [0, 0.1) is 0 Å². The largest absolute Gasteiger partial charge is 0.394 e. The predicted molar refractivity (Wildman–Crippen MR) is 175 cm³/mol. The Morgan fingerprint density at radius 2 is 1.34 bits per heavy atom. The number of unbranched alkanes of at least 4 members (excludes halogenated alkanes) is 12. The van der Waals surface area contributed by atoms with Gasteiger partial charge in [-0.15, -0.1) is 0 Å². The second-order valence-electron chi connectivity index (χ2n) is 12.0. The first-order valence-electron chi connectivity index (χ1n) is 17.2. The number of carbonyl (C=O) groups excluding carboxylic acids is 1. The lowest BCUT2D eigenvalue weighted by atomic mass is 9.99. The van der Waals surface area contributed by atoms with E-state index in [1.807, 2.05) is 6.08 Å². The van der Waals surface area contributed by atoms with Gasteiger partial charge in [0.15, 0.2) is 6.29 Å². The zero-order chi connectivity index (χ0) is 32.4. The van der Waals surface area contributed by atoms with Crippen molar-refractivity contribution < 1.29 is 39.8 Å². The Hall–Kier alpha value is -1.59. The number of amides is 1. The maximum Gasteiger partial charge on any atom is 0.220 e. The topological polar surface area (TPSA) is 149 Å². The van der Waals surface area contributed by atoms with Gasteiger partial charge in [-0.25, -0.2) is 0 Å². The molecule has 1 rings (SSSR count). The Kier molecular flexibility index (Phi) is 24.5. The molecular formula is C35H63NO8. The van der Waals surface area contributed by atoms with Crippen molar-refractivity contribution in [2.75, 3.05) is 13.2 Å². The summed E-state index contributed by atoms with van der Waals surface area (Å²) in [7, 11) is 0. The van der Waals surface area contributed by atoms with Crippen LogP contribution >= 0.6 is 0 Å². The summed E-state index contributed by atoms with van der Waals surface area (Å²) in [5, 5.41) is 53.4. The highest BCUT2D eigenvalue weighted by molar-refractivity contribution is 5.76. The molecule has 1 aliphatic rings. The van der Waals surface area contributed by atoms with Gasteiger partial charge in [0.1, 0.15) is 24.4 Å². The number of carbonyl (C=O) groups is 1. The van der Waals surface area contributed by atoms with Gasteiger partial charge in [0, 0.05) is 6.42 Å². The van der Waals surface area contributed by atoms with Crippen molar-refractivity contribution in [3.05, 3.63) is 36.5 Å². The lowest BCUT2D eigenvalue weighted by Gasteiger charge is -2.40. The van der Waals surface area contributed by atoms with Gasteiger partial charge in [-0.3, -0.25) is 4.79 Å². The van der Waals surface area contributed by atoms with E-state index in [9.17, 15) is 30.3 Å². The third kappa shape index (κ3) is 18.4. The zero-order valence-electron chi connectivity index (χ0n) is 27.4. The van der Waals surface area contributed by atoms with Gasteiger partial charge in [-0.1, -0.05) is 102 Å². The molecule has 6 N–H and O–H groups in total. The van der Waals surface area contributed by atoms with E-state index in [-0.39, 0.29) is 12.5 Å². The van der Waals surface area contributed by atoms with E-state index in [1.165, 1.54) is 25.7 Å². The van der Waals surface area contributed by atoms with Gasteiger partial charge in [0.2, 0.25) is 5.91 Å². The van der Waals surface area contributed by atoms with E-state index >= 15 is 0 Å². The molecule has 256 valence electrons. The number of hydrogen-bond donors (Lipinski definition) is 6. The minimum atomic E-state index is -1.56. The van der Waals surface area contributed by atoms with Crippen molar-refractivity contribution in [2.45, 2.75) is 166 Å². The Morgan fingerprint density at radius 1 is 0.773 bits per heavy atom. The Morgan fingerprint density at radius 3 is 2.00 bits per heavy atom. The molecule has 7 atom stereocenters. The molecule has 9 heteroatoms. The summed E-state index contributed by atoms with van der Waals surface area (Å²) in [5.41, 5.74) is 0. The number of nitrogens with one attached hydrogen (secondary N) is 1. The summed E-state index contributed by atoms with van der Waals surface area (Å²) >= 11 is 0. The molecule has 0 spiro atoms. The first-order chi connectivity index (χ1) is 21.3. The van der Waals surface area contributed by atoms with Crippen molar-refractivity contribution in [2.24, 2.45) is 0 Å². The molecule has 0 aromatic heterocycles. The standard InChI is InChI=1S/C35H63NO8/c1-3-5-7-9-11-12-13-14-15-16-17-18-19-21-23-25-31(39)36-28(29(38)24-22-20-10-8-6-4-2)27-43-35-34(42)33(41)32(40)30(26-37)44-35/h11-12,14-15,22,24,28-30,32-35,37-38,40-42H,3-10,13,16-21,23,25-27H2,1-2H3,(H,36,39)/b12-11-,15-14-,24-22+. The molecule has 0 aliphatic carbocycles. The second kappa shape index (κ2) is 26.6. The summed E-state index contributed by atoms with van der Waals surface area (Å²) in [5.74, 6) is -0.200. The summed E-state index contributed by atoms with van der Waals surface area (Å²) in [6, 6.07) is -0.806. The van der Waals surface area contributed by atoms with Gasteiger partial charge in [0.25, 0.3) is 0 Å². The van der Waals surface area contributed by atoms with E-state index in [1.54, 1.807) is 6.08 Å². The van der Waals surface area contributed by atoms with Gasteiger partial charge < -0.3 is 40.3 Å². The average Bonchev–Trinajstić information content (AvgIpc) is 3.02. The van der Waals surface area contributed by atoms with Crippen LogP contribution in [-0.4, -0.2) is 87.5 Å². The monoisotopic (exact) mass is 625 g/mol. The minimum absolute atomic E-state index is 0.196. The molecule has 0 aromatic carbocycles. The number of aliphatic hydroxyl groups excluding tert-OH is 5. The predicted octanol–water partition coefficient (Wildman–Crippen LogP) is 4.99. The highest BCUT2D eigenvalue weighted by Gasteiger charge is 2.44. The molecule has 0 bridgehead atoms. The molecule has 44 heavy (non-hydrogen) atoms. The van der Waals surface area contributed by atoms with E-state index in [4.69, 9.17) is 9.47 Å². The number of hydrogen-bond acceptors (Lipinski definition) is 8. The summed E-state index contributed by atoms with van der Waals surface area (Å²) < 4.78 is 11.1. The summed E-state index contributed by atoms with van der Waals surface area (Å²) in [6.07, 6.45) is 22.1. The van der Waals surface area contributed by atoms with Gasteiger partial charge in [-0.2, -0.15) is 0 Å². The van der Waals surface area contributed by atoms with Crippen molar-refractivity contribution in [1.29, 1.82) is 0 Å². The van der Waals surface area contributed by atoms with Crippen LogP contribution < -0.4 is 5.32 Å². The first kappa shape index (κ1) is 40.4. The Bertz CT molecular complexity index is 787. The van der Waals surface area contributed by atoms with E-state index < -0.39 is 49.5 Å². The highest BCUT2D eigenvalue weighted by atomic mass is 16.7. The molecule has 1 aliphatic heterocycles. The minimum Gasteiger partial charge on any atom is -0.394 e. The fourth-order valence-electron chi connectivity index (χ4n) is 5.06. The van der Waals surface area contributed by atoms with Crippen LogP contribution in [0.1, 0.15) is 123 Å². The van der Waals surface area contributed by atoms with Crippen molar-refractivity contribution in [1.82, 2.24) is 5.32 Å². The van der Waals surface area contributed by atoms with Gasteiger partial charge >= 0.3 is 0 Å². The van der Waals surface area contributed by atoms with Crippen molar-refractivity contribution in [3.63, 3.8) is 0 Å². The maximum atomic E-state index is 12.7. The van der Waals surface area contributed by atoms with Crippen LogP contribution in [0.3, 0.4) is 0 Å². The SMILES string of the molecule is CCCCC/C=C\C/C=C\CCCCCCCC(=O)NC(COC1OC(CO)C(O)C(O)C1O)C(O)/C=C/CCCCCC. The maximum absolute atomic E-state index is 12.7. The molecule has 0 aromatic rings. The molecule has 7 unspecified atom stereocenters. The van der Waals surface area contributed by atoms with Gasteiger partial charge in [-0.05, 0) is 51.4 Å². The van der Waals surface area contributed by atoms with Crippen LogP contribution in [-0.2, 0) is 14.3 Å². The molecule has 1 heterocycles. The van der Waals surface area contributed by atoms with E-state index in [0.717, 1.165) is 77.0 Å². The lowest BCUT2D eigenvalue weighted by Crippen LogP contribution is -2.60. The quantitative estimate of drug-likeness (QED) is 0.0582. The fourth-order valence-corrected chi connectivity index (χ4v) is 5.06. The van der Waals surface area contributed by atoms with Crippen molar-refractivity contribution >= 4 is 5.91 Å². The van der Waals surface area contributed by atoms with E-state index in [2.05, 4.69) is 43.5 Å². The van der Waals surface area contributed by atoms with Crippen LogP contribution in [0.5, 0.6) is 0 Å². The molecule has 1 fully saturated rings. The third-order valence-electron chi connectivity index (χ3n) is 7.96. The van der Waals surface area contributed by atoms with Crippen LogP contribution in [0.2, 0.25) is 0 Å². The third-order valence-corrected chi connectivity index (χ3v) is 7.96. The second-order valence-corrected chi connectivity index (χ2v) is 12.0. The van der Waals surface area contributed by atoms with Crippen LogP contribution in [0.25, 0.3) is 0 Å². The number of allylic oxidation sites excluding steroid dienone is 5.